The van der Waals surface area contributed by atoms with E-state index in [9.17, 15) is 14.4 Å². The van der Waals surface area contributed by atoms with Crippen molar-refractivity contribution in [2.24, 2.45) is 0 Å². The highest BCUT2D eigenvalue weighted by Crippen LogP contribution is 2.16. The lowest BCUT2D eigenvalue weighted by Gasteiger charge is -2.22. The largest absolute Gasteiger partial charge is 0.351 e. The number of hydrogen-bond donors (Lipinski definition) is 2. The van der Waals surface area contributed by atoms with Crippen molar-refractivity contribution in [3.8, 4) is 0 Å². The fraction of sp³-hybridized carbons (Fsp3) is 0.273. The van der Waals surface area contributed by atoms with E-state index in [-0.39, 0.29) is 36.9 Å². The first-order valence-electron chi connectivity index (χ1n) is 9.88. The van der Waals surface area contributed by atoms with E-state index >= 15 is 0 Å². The molecule has 0 aliphatic carbocycles. The predicted octanol–water partition coefficient (Wildman–Crippen LogP) is 3.79. The molecule has 3 rings (SSSR count). The van der Waals surface area contributed by atoms with Gasteiger partial charge >= 0.3 is 0 Å². The van der Waals surface area contributed by atoms with Crippen LogP contribution in [-0.4, -0.2) is 39.8 Å². The minimum Gasteiger partial charge on any atom is -0.351 e. The first-order chi connectivity index (χ1) is 14.9. The molecule has 9 heteroatoms. The Morgan fingerprint density at radius 1 is 1.16 bits per heavy atom. The number of halogens is 2. The molecule has 0 saturated heterocycles. The standard InChI is InChI=1S/C22H22Cl2N4O3/c1-2-11-28(13-19-26-18-12-14(23)7-8-16(18)22(31)27-19)20(29)9-10-25-21(30)15-5-3-4-6-17(15)24/h3-8,12H,2,9-11,13H2,1H3,(H,25,30)(H,26,27,31). The fourth-order valence-electron chi connectivity index (χ4n) is 3.16. The van der Waals surface area contributed by atoms with E-state index in [2.05, 4.69) is 15.3 Å². The number of benzene rings is 2. The van der Waals surface area contributed by atoms with Gasteiger partial charge in [0.2, 0.25) is 5.91 Å². The van der Waals surface area contributed by atoms with Gasteiger partial charge in [0.05, 0.1) is 28.0 Å². The van der Waals surface area contributed by atoms with Crippen LogP contribution in [0.3, 0.4) is 0 Å². The topological polar surface area (TPSA) is 95.2 Å². The molecule has 31 heavy (non-hydrogen) atoms. The molecule has 1 aromatic heterocycles. The van der Waals surface area contributed by atoms with Gasteiger partial charge in [-0.15, -0.1) is 0 Å². The van der Waals surface area contributed by atoms with Crippen LogP contribution in [-0.2, 0) is 11.3 Å². The van der Waals surface area contributed by atoms with Crippen LogP contribution in [0.25, 0.3) is 10.9 Å². The van der Waals surface area contributed by atoms with Gasteiger partial charge in [-0.3, -0.25) is 14.4 Å². The normalized spacial score (nSPS) is 10.8. The molecule has 0 saturated carbocycles. The summed E-state index contributed by atoms with van der Waals surface area (Å²) in [6.45, 7) is 2.77. The zero-order valence-electron chi connectivity index (χ0n) is 17.0. The average Bonchev–Trinajstić information content (AvgIpc) is 2.73. The van der Waals surface area contributed by atoms with Gasteiger partial charge < -0.3 is 15.2 Å². The number of nitrogens with zero attached hydrogens (tertiary/aromatic N) is 2. The second kappa shape index (κ2) is 10.4. The summed E-state index contributed by atoms with van der Waals surface area (Å²) in [5, 5.41) is 3.98. The number of hydrogen-bond acceptors (Lipinski definition) is 4. The average molecular weight is 461 g/mol. The monoisotopic (exact) mass is 460 g/mol. The van der Waals surface area contributed by atoms with Crippen molar-refractivity contribution in [1.82, 2.24) is 20.2 Å². The Kier molecular flexibility index (Phi) is 7.65. The first-order valence-corrected chi connectivity index (χ1v) is 10.6. The van der Waals surface area contributed by atoms with Crippen LogP contribution >= 0.6 is 23.2 Å². The lowest BCUT2D eigenvalue weighted by atomic mass is 10.2. The Hall–Kier alpha value is -2.90. The molecule has 0 aliphatic heterocycles. The van der Waals surface area contributed by atoms with E-state index in [4.69, 9.17) is 23.2 Å². The third-order valence-corrected chi connectivity index (χ3v) is 5.21. The maximum Gasteiger partial charge on any atom is 0.258 e. The minimum atomic E-state index is -0.335. The maximum absolute atomic E-state index is 12.7. The van der Waals surface area contributed by atoms with Gasteiger partial charge in [0, 0.05) is 24.5 Å². The van der Waals surface area contributed by atoms with Crippen molar-refractivity contribution in [2.45, 2.75) is 26.3 Å². The number of H-pyrrole nitrogens is 1. The number of carbonyl (C=O) groups excluding carboxylic acids is 2. The number of carbonyl (C=O) groups is 2. The number of aromatic amines is 1. The lowest BCUT2D eigenvalue weighted by Crippen LogP contribution is -2.35. The van der Waals surface area contributed by atoms with E-state index in [0.717, 1.165) is 6.42 Å². The van der Waals surface area contributed by atoms with E-state index in [1.54, 1.807) is 47.4 Å². The highest BCUT2D eigenvalue weighted by molar-refractivity contribution is 6.33. The van der Waals surface area contributed by atoms with Gasteiger partial charge in [-0.25, -0.2) is 4.98 Å². The van der Waals surface area contributed by atoms with Gasteiger partial charge in [-0.1, -0.05) is 42.3 Å². The van der Waals surface area contributed by atoms with E-state index < -0.39 is 0 Å². The Labute approximate surface area is 189 Å². The Balaban J connectivity index is 1.65. The molecule has 0 aliphatic rings. The summed E-state index contributed by atoms with van der Waals surface area (Å²) in [6.07, 6.45) is 0.848. The zero-order chi connectivity index (χ0) is 22.4. The maximum atomic E-state index is 12.7. The number of amides is 2. The Bertz CT molecular complexity index is 1160. The van der Waals surface area contributed by atoms with Crippen molar-refractivity contribution in [3.63, 3.8) is 0 Å². The first kappa shape index (κ1) is 22.8. The molecule has 162 valence electrons. The van der Waals surface area contributed by atoms with Crippen LogP contribution < -0.4 is 10.9 Å². The molecule has 1 heterocycles. The molecule has 2 N–H and O–H groups in total. The van der Waals surface area contributed by atoms with Gasteiger partial charge in [0.25, 0.3) is 11.5 Å². The Morgan fingerprint density at radius 2 is 1.94 bits per heavy atom. The molecule has 0 radical (unpaired) electrons. The highest BCUT2D eigenvalue weighted by atomic mass is 35.5. The minimum absolute atomic E-state index is 0.111. The number of fused-ring (bicyclic) bond motifs is 1. The summed E-state index contributed by atoms with van der Waals surface area (Å²) in [7, 11) is 0. The van der Waals surface area contributed by atoms with Crippen LogP contribution in [0.4, 0.5) is 0 Å². The number of nitrogens with one attached hydrogen (secondary N) is 2. The lowest BCUT2D eigenvalue weighted by molar-refractivity contribution is -0.131. The van der Waals surface area contributed by atoms with Crippen molar-refractivity contribution in [2.75, 3.05) is 13.1 Å². The fourth-order valence-corrected chi connectivity index (χ4v) is 3.55. The summed E-state index contributed by atoms with van der Waals surface area (Å²) in [5.41, 5.74) is 0.549. The number of aromatic nitrogens is 2. The molecule has 2 aromatic carbocycles. The highest BCUT2D eigenvalue weighted by Gasteiger charge is 2.16. The predicted molar refractivity (Wildman–Crippen MR) is 121 cm³/mol. The molecule has 0 atom stereocenters. The van der Waals surface area contributed by atoms with Crippen LogP contribution in [0, 0.1) is 0 Å². The quantitative estimate of drug-likeness (QED) is 0.534. The molecule has 0 spiro atoms. The molecule has 0 fully saturated rings. The summed E-state index contributed by atoms with van der Waals surface area (Å²) < 4.78 is 0. The van der Waals surface area contributed by atoms with Crippen LogP contribution in [0.2, 0.25) is 10.0 Å². The van der Waals surface area contributed by atoms with E-state index in [1.165, 1.54) is 0 Å². The smallest absolute Gasteiger partial charge is 0.258 e. The van der Waals surface area contributed by atoms with Gasteiger partial charge in [-0.2, -0.15) is 0 Å². The van der Waals surface area contributed by atoms with Crippen molar-refractivity contribution < 1.29 is 9.59 Å². The molecule has 0 bridgehead atoms. The molecule has 2 amide bonds. The second-order valence-corrected chi connectivity index (χ2v) is 7.82. The third kappa shape index (κ3) is 5.83. The SMILES string of the molecule is CCCN(Cc1nc2cc(Cl)ccc2c(=O)[nH]1)C(=O)CCNC(=O)c1ccccc1Cl. The zero-order valence-corrected chi connectivity index (χ0v) is 18.5. The molecule has 3 aromatic rings. The van der Waals surface area contributed by atoms with Crippen LogP contribution in [0.5, 0.6) is 0 Å². The van der Waals surface area contributed by atoms with E-state index in [0.29, 0.717) is 38.9 Å². The van der Waals surface area contributed by atoms with Crippen LogP contribution in [0.1, 0.15) is 35.9 Å². The second-order valence-electron chi connectivity index (χ2n) is 6.98. The van der Waals surface area contributed by atoms with Gasteiger partial charge in [0.1, 0.15) is 5.82 Å². The summed E-state index contributed by atoms with van der Waals surface area (Å²) in [4.78, 5) is 46.1. The summed E-state index contributed by atoms with van der Waals surface area (Å²) >= 11 is 12.0. The van der Waals surface area contributed by atoms with Crippen LogP contribution in [0.15, 0.2) is 47.3 Å². The van der Waals surface area contributed by atoms with Crippen molar-refractivity contribution in [1.29, 1.82) is 0 Å². The van der Waals surface area contributed by atoms with Crippen molar-refractivity contribution >= 4 is 45.9 Å². The van der Waals surface area contributed by atoms with Gasteiger partial charge in [0.15, 0.2) is 0 Å². The Morgan fingerprint density at radius 3 is 2.68 bits per heavy atom. The van der Waals surface area contributed by atoms with Crippen molar-refractivity contribution in [3.05, 3.63) is 74.3 Å². The molecular weight excluding hydrogens is 439 g/mol. The summed E-state index contributed by atoms with van der Waals surface area (Å²) in [5.74, 6) is -0.116. The number of rotatable bonds is 8. The molecular formula is C22H22Cl2N4O3. The van der Waals surface area contributed by atoms with Gasteiger partial charge in [-0.05, 0) is 36.8 Å². The summed E-state index contributed by atoms with van der Waals surface area (Å²) in [6, 6.07) is 11.6. The van der Waals surface area contributed by atoms with E-state index in [1.807, 2.05) is 6.92 Å². The molecule has 7 nitrogen and oxygen atoms in total. The third-order valence-electron chi connectivity index (χ3n) is 4.65. The molecule has 0 unspecified atom stereocenters.